The summed E-state index contributed by atoms with van der Waals surface area (Å²) in [5, 5.41) is 9.08. The van der Waals surface area contributed by atoms with Crippen molar-refractivity contribution < 1.29 is 19.3 Å². The van der Waals surface area contributed by atoms with E-state index in [1.54, 1.807) is 33.7 Å². The van der Waals surface area contributed by atoms with Crippen LogP contribution in [0.15, 0.2) is 24.5 Å². The molecule has 0 radical (unpaired) electrons. The second kappa shape index (κ2) is 8.88. The monoisotopic (exact) mass is 374 g/mol. The Morgan fingerprint density at radius 1 is 0.963 bits per heavy atom. The van der Waals surface area contributed by atoms with E-state index in [9.17, 15) is 0 Å². The zero-order valence-corrected chi connectivity index (χ0v) is 16.0. The molecule has 1 aromatic carbocycles. The van der Waals surface area contributed by atoms with Gasteiger partial charge in [-0.05, 0) is 12.1 Å². The first kappa shape index (κ1) is 19.2. The molecule has 27 heavy (non-hydrogen) atoms. The molecule has 8 heteroatoms. The Bertz CT molecular complexity index is 738. The molecule has 0 spiro atoms. The van der Waals surface area contributed by atoms with Crippen LogP contribution in [0.4, 0.5) is 5.82 Å². The Balaban J connectivity index is 1.86. The largest absolute Gasteiger partial charge is 0.493 e. The quantitative estimate of drug-likeness (QED) is 0.777. The molecule has 0 bridgehead atoms. The lowest BCUT2D eigenvalue weighted by Gasteiger charge is -2.34. The molecule has 0 amide bonds. The maximum atomic E-state index is 9.08. The molecule has 1 aliphatic heterocycles. The smallest absolute Gasteiger partial charge is 0.203 e. The van der Waals surface area contributed by atoms with Crippen molar-refractivity contribution in [3.05, 3.63) is 24.5 Å². The molecule has 8 nitrogen and oxygen atoms in total. The van der Waals surface area contributed by atoms with Gasteiger partial charge < -0.3 is 24.2 Å². The van der Waals surface area contributed by atoms with Crippen LogP contribution in [0.3, 0.4) is 0 Å². The SMILES string of the molecule is COc1cc(-c2cncc(N3CCN(CCO)CC3)n2)cc(OC)c1OC. The molecule has 1 aliphatic rings. The molecule has 0 unspecified atom stereocenters. The van der Waals surface area contributed by atoms with Crippen molar-refractivity contribution >= 4 is 5.82 Å². The number of hydrogen-bond donors (Lipinski definition) is 1. The molecular formula is C19H26N4O4. The van der Waals surface area contributed by atoms with Gasteiger partial charge in [-0.15, -0.1) is 0 Å². The summed E-state index contributed by atoms with van der Waals surface area (Å²) in [6, 6.07) is 3.74. The highest BCUT2D eigenvalue weighted by molar-refractivity contribution is 5.69. The van der Waals surface area contributed by atoms with E-state index in [0.717, 1.165) is 43.3 Å². The summed E-state index contributed by atoms with van der Waals surface area (Å²) in [6.07, 6.45) is 3.51. The van der Waals surface area contributed by atoms with Crippen LogP contribution in [-0.2, 0) is 0 Å². The summed E-state index contributed by atoms with van der Waals surface area (Å²) < 4.78 is 16.2. The summed E-state index contributed by atoms with van der Waals surface area (Å²) in [6.45, 7) is 4.41. The molecule has 2 heterocycles. The number of methoxy groups -OCH3 is 3. The summed E-state index contributed by atoms with van der Waals surface area (Å²) in [5.74, 6) is 2.55. The first-order valence-corrected chi connectivity index (χ1v) is 8.90. The minimum absolute atomic E-state index is 0.191. The number of aromatic nitrogens is 2. The minimum Gasteiger partial charge on any atom is -0.493 e. The number of nitrogens with zero attached hydrogens (tertiary/aromatic N) is 4. The third-order valence-corrected chi connectivity index (χ3v) is 4.69. The van der Waals surface area contributed by atoms with Gasteiger partial charge in [-0.1, -0.05) is 0 Å². The van der Waals surface area contributed by atoms with Gasteiger partial charge in [0.15, 0.2) is 11.5 Å². The van der Waals surface area contributed by atoms with E-state index >= 15 is 0 Å². The van der Waals surface area contributed by atoms with Crippen LogP contribution in [0.25, 0.3) is 11.3 Å². The number of aliphatic hydroxyl groups is 1. The zero-order valence-electron chi connectivity index (χ0n) is 16.0. The van der Waals surface area contributed by atoms with Crippen LogP contribution < -0.4 is 19.1 Å². The van der Waals surface area contributed by atoms with Crippen LogP contribution in [0.2, 0.25) is 0 Å². The number of rotatable bonds is 7. The topological polar surface area (TPSA) is 80.2 Å². The maximum Gasteiger partial charge on any atom is 0.203 e. The van der Waals surface area contributed by atoms with Crippen molar-refractivity contribution in [2.24, 2.45) is 0 Å². The lowest BCUT2D eigenvalue weighted by Crippen LogP contribution is -2.47. The third-order valence-electron chi connectivity index (χ3n) is 4.69. The van der Waals surface area contributed by atoms with Crippen molar-refractivity contribution in [3.63, 3.8) is 0 Å². The Morgan fingerprint density at radius 2 is 1.63 bits per heavy atom. The predicted molar refractivity (Wildman–Crippen MR) is 103 cm³/mol. The van der Waals surface area contributed by atoms with E-state index in [0.29, 0.717) is 23.8 Å². The molecule has 2 aromatic rings. The van der Waals surface area contributed by atoms with Crippen molar-refractivity contribution in [3.8, 4) is 28.5 Å². The van der Waals surface area contributed by atoms with E-state index in [4.69, 9.17) is 24.3 Å². The van der Waals surface area contributed by atoms with E-state index in [1.807, 2.05) is 12.1 Å². The fourth-order valence-corrected chi connectivity index (χ4v) is 3.22. The average molecular weight is 374 g/mol. The van der Waals surface area contributed by atoms with Gasteiger partial charge in [0.25, 0.3) is 0 Å². The average Bonchev–Trinajstić information content (AvgIpc) is 2.73. The summed E-state index contributed by atoms with van der Waals surface area (Å²) in [4.78, 5) is 13.6. The first-order chi connectivity index (χ1) is 13.2. The molecule has 1 aromatic heterocycles. The lowest BCUT2D eigenvalue weighted by atomic mass is 10.1. The number of anilines is 1. The summed E-state index contributed by atoms with van der Waals surface area (Å²) in [5.41, 5.74) is 1.59. The van der Waals surface area contributed by atoms with E-state index < -0.39 is 0 Å². The van der Waals surface area contributed by atoms with Crippen LogP contribution in [-0.4, -0.2) is 80.6 Å². The van der Waals surface area contributed by atoms with Crippen molar-refractivity contribution in [1.29, 1.82) is 0 Å². The molecule has 1 fully saturated rings. The summed E-state index contributed by atoms with van der Waals surface area (Å²) >= 11 is 0. The Morgan fingerprint density at radius 3 is 2.19 bits per heavy atom. The second-order valence-corrected chi connectivity index (χ2v) is 6.23. The Labute approximate surface area is 159 Å². The highest BCUT2D eigenvalue weighted by Gasteiger charge is 2.19. The van der Waals surface area contributed by atoms with Crippen LogP contribution in [0.5, 0.6) is 17.2 Å². The van der Waals surface area contributed by atoms with Crippen LogP contribution in [0.1, 0.15) is 0 Å². The molecule has 1 N–H and O–H groups in total. The molecule has 0 aliphatic carbocycles. The van der Waals surface area contributed by atoms with Gasteiger partial charge in [0, 0.05) is 38.3 Å². The summed E-state index contributed by atoms with van der Waals surface area (Å²) in [7, 11) is 4.76. The van der Waals surface area contributed by atoms with Gasteiger partial charge in [0.05, 0.1) is 46.0 Å². The number of hydrogen-bond acceptors (Lipinski definition) is 8. The minimum atomic E-state index is 0.191. The molecule has 146 valence electrons. The molecule has 0 saturated carbocycles. The number of aliphatic hydroxyl groups excluding tert-OH is 1. The molecular weight excluding hydrogens is 348 g/mol. The number of benzene rings is 1. The number of ether oxygens (including phenoxy) is 3. The van der Waals surface area contributed by atoms with Gasteiger partial charge in [0.2, 0.25) is 5.75 Å². The van der Waals surface area contributed by atoms with Crippen molar-refractivity contribution in [1.82, 2.24) is 14.9 Å². The number of β-amino-alcohol motifs (C(OH)–C–C–N with tert-alkyl or cyclic N) is 1. The van der Waals surface area contributed by atoms with Gasteiger partial charge >= 0.3 is 0 Å². The fraction of sp³-hybridized carbons (Fsp3) is 0.474. The predicted octanol–water partition coefficient (Wildman–Crippen LogP) is 1.28. The van der Waals surface area contributed by atoms with Crippen molar-refractivity contribution in [2.75, 3.05) is 65.6 Å². The fourth-order valence-electron chi connectivity index (χ4n) is 3.22. The van der Waals surface area contributed by atoms with Gasteiger partial charge in [0.1, 0.15) is 5.82 Å². The van der Waals surface area contributed by atoms with Crippen LogP contribution >= 0.6 is 0 Å². The highest BCUT2D eigenvalue weighted by atomic mass is 16.5. The number of piperazine rings is 1. The van der Waals surface area contributed by atoms with Gasteiger partial charge in [-0.3, -0.25) is 9.88 Å². The Kier molecular flexibility index (Phi) is 6.31. The third kappa shape index (κ3) is 4.23. The zero-order chi connectivity index (χ0) is 19.2. The highest BCUT2D eigenvalue weighted by Crippen LogP contribution is 2.40. The molecule has 0 atom stereocenters. The van der Waals surface area contributed by atoms with Gasteiger partial charge in [-0.25, -0.2) is 4.98 Å². The van der Waals surface area contributed by atoms with E-state index in [1.165, 1.54) is 0 Å². The maximum absolute atomic E-state index is 9.08. The second-order valence-electron chi connectivity index (χ2n) is 6.23. The van der Waals surface area contributed by atoms with Crippen LogP contribution in [0, 0.1) is 0 Å². The van der Waals surface area contributed by atoms with Crippen molar-refractivity contribution in [2.45, 2.75) is 0 Å². The van der Waals surface area contributed by atoms with Gasteiger partial charge in [-0.2, -0.15) is 0 Å². The Hall–Kier alpha value is -2.58. The first-order valence-electron chi connectivity index (χ1n) is 8.90. The standard InChI is InChI=1S/C19H26N4O4/c1-25-16-10-14(11-17(26-2)19(16)27-3)15-12-20-13-18(21-15)23-6-4-22(5-7-23)8-9-24/h10-13,24H,4-9H2,1-3H3. The molecule has 3 rings (SSSR count). The molecule has 1 saturated heterocycles. The van der Waals surface area contributed by atoms with E-state index in [2.05, 4.69) is 14.8 Å². The lowest BCUT2D eigenvalue weighted by molar-refractivity contribution is 0.188. The normalized spacial score (nSPS) is 14.9. The van der Waals surface area contributed by atoms with E-state index in [-0.39, 0.29) is 6.61 Å².